The van der Waals surface area contributed by atoms with Crippen molar-refractivity contribution in [2.75, 3.05) is 32.7 Å². The van der Waals surface area contributed by atoms with E-state index in [0.717, 1.165) is 43.9 Å². The Balaban J connectivity index is 1.65. The number of benzene rings is 2. The van der Waals surface area contributed by atoms with Gasteiger partial charge in [0.25, 0.3) is 0 Å². The predicted octanol–water partition coefficient (Wildman–Crippen LogP) is 3.94. The van der Waals surface area contributed by atoms with Crippen LogP contribution in [0.5, 0.6) is 0 Å². The Bertz CT molecular complexity index is 706. The minimum atomic E-state index is -0.124. The first kappa shape index (κ1) is 21.5. The summed E-state index contributed by atoms with van der Waals surface area (Å²) in [4.78, 5) is 18.0. The summed E-state index contributed by atoms with van der Waals surface area (Å²) in [6.45, 7) is 11.8. The van der Waals surface area contributed by atoms with Gasteiger partial charge in [-0.05, 0) is 50.0 Å². The van der Waals surface area contributed by atoms with Crippen LogP contribution in [-0.4, -0.2) is 54.5 Å². The predicted molar refractivity (Wildman–Crippen MR) is 120 cm³/mol. The van der Waals surface area contributed by atoms with Crippen LogP contribution in [0.3, 0.4) is 0 Å². The Morgan fingerprint density at radius 1 is 1.03 bits per heavy atom. The second-order valence-electron chi connectivity index (χ2n) is 8.07. The number of hydrogen-bond donors (Lipinski definition) is 1. The summed E-state index contributed by atoms with van der Waals surface area (Å²) < 4.78 is 0. The van der Waals surface area contributed by atoms with Crippen LogP contribution in [0.25, 0.3) is 0 Å². The van der Waals surface area contributed by atoms with Crippen LogP contribution >= 0.6 is 0 Å². The highest BCUT2D eigenvalue weighted by Crippen LogP contribution is 2.24. The number of amides is 1. The summed E-state index contributed by atoms with van der Waals surface area (Å²) >= 11 is 0. The molecule has 4 nitrogen and oxygen atoms in total. The topological polar surface area (TPSA) is 35.6 Å². The first-order valence-electron chi connectivity index (χ1n) is 11.0. The molecule has 1 aliphatic heterocycles. The van der Waals surface area contributed by atoms with Crippen LogP contribution < -0.4 is 5.32 Å². The van der Waals surface area contributed by atoms with Gasteiger partial charge in [-0.1, -0.05) is 74.5 Å². The van der Waals surface area contributed by atoms with Gasteiger partial charge in [-0.3, -0.25) is 9.69 Å². The molecule has 1 heterocycles. The van der Waals surface area contributed by atoms with Crippen molar-refractivity contribution in [2.45, 2.75) is 39.3 Å². The van der Waals surface area contributed by atoms with Crippen LogP contribution in [0.4, 0.5) is 0 Å². The largest absolute Gasteiger partial charge is 0.344 e. The maximum absolute atomic E-state index is 13.2. The van der Waals surface area contributed by atoms with Gasteiger partial charge in [0, 0.05) is 13.1 Å². The van der Waals surface area contributed by atoms with Crippen molar-refractivity contribution in [3.63, 3.8) is 0 Å². The molecule has 4 heteroatoms. The van der Waals surface area contributed by atoms with Crippen LogP contribution in [0.1, 0.15) is 44.4 Å². The van der Waals surface area contributed by atoms with Crippen molar-refractivity contribution in [3.8, 4) is 0 Å². The van der Waals surface area contributed by atoms with Crippen molar-refractivity contribution in [2.24, 2.45) is 5.92 Å². The fourth-order valence-electron chi connectivity index (χ4n) is 4.29. The number of rotatable bonds is 9. The van der Waals surface area contributed by atoms with Crippen LogP contribution in [0.2, 0.25) is 0 Å². The maximum Gasteiger partial charge on any atom is 0.237 e. The molecule has 1 N–H and O–H groups in total. The molecule has 1 saturated heterocycles. The zero-order valence-corrected chi connectivity index (χ0v) is 18.1. The van der Waals surface area contributed by atoms with Gasteiger partial charge in [0.15, 0.2) is 0 Å². The van der Waals surface area contributed by atoms with Crippen LogP contribution in [-0.2, 0) is 4.79 Å². The van der Waals surface area contributed by atoms with E-state index in [1.165, 1.54) is 6.42 Å². The monoisotopic (exact) mass is 393 g/mol. The highest BCUT2D eigenvalue weighted by molar-refractivity contribution is 5.82. The van der Waals surface area contributed by atoms with E-state index in [0.29, 0.717) is 5.92 Å². The quantitative estimate of drug-likeness (QED) is 0.701. The first-order chi connectivity index (χ1) is 14.1. The summed E-state index contributed by atoms with van der Waals surface area (Å²) in [5, 5.41) is 3.31. The van der Waals surface area contributed by atoms with Gasteiger partial charge >= 0.3 is 0 Å². The molecule has 0 aromatic heterocycles. The van der Waals surface area contributed by atoms with Crippen molar-refractivity contribution >= 4 is 5.91 Å². The molecule has 2 aromatic rings. The number of likely N-dealkylation sites (tertiary alicyclic amines) is 1. The molecule has 2 atom stereocenters. The lowest BCUT2D eigenvalue weighted by atomic mass is 9.98. The Labute approximate surface area is 175 Å². The Morgan fingerprint density at radius 3 is 2.10 bits per heavy atom. The number of nitrogens with one attached hydrogen (secondary N) is 1. The minimum absolute atomic E-state index is 0.103. The third kappa shape index (κ3) is 5.68. The average Bonchev–Trinajstić information content (AvgIpc) is 3.24. The minimum Gasteiger partial charge on any atom is -0.344 e. The molecule has 1 fully saturated rings. The Morgan fingerprint density at radius 2 is 1.59 bits per heavy atom. The lowest BCUT2D eigenvalue weighted by Crippen LogP contribution is -2.45. The van der Waals surface area contributed by atoms with Crippen LogP contribution in [0.15, 0.2) is 60.7 Å². The molecule has 0 radical (unpaired) electrons. The molecule has 156 valence electrons. The third-order valence-electron chi connectivity index (χ3n) is 6.21. The summed E-state index contributed by atoms with van der Waals surface area (Å²) in [5.74, 6) is 0.760. The molecule has 0 saturated carbocycles. The van der Waals surface area contributed by atoms with Gasteiger partial charge in [0.05, 0.1) is 12.1 Å². The van der Waals surface area contributed by atoms with Crippen molar-refractivity contribution < 1.29 is 4.79 Å². The van der Waals surface area contributed by atoms with E-state index in [1.54, 1.807) is 0 Å². The molecular formula is C25H35N3O. The van der Waals surface area contributed by atoms with Gasteiger partial charge in [-0.25, -0.2) is 0 Å². The van der Waals surface area contributed by atoms with E-state index in [1.807, 2.05) is 43.3 Å². The Kier molecular flexibility index (Phi) is 7.84. The second-order valence-corrected chi connectivity index (χ2v) is 8.07. The smallest absolute Gasteiger partial charge is 0.237 e. The zero-order chi connectivity index (χ0) is 20.6. The number of carbonyl (C=O) groups is 1. The highest BCUT2D eigenvalue weighted by atomic mass is 16.2. The normalized spacial score (nSPS) is 18.3. The number of nitrogens with zero attached hydrogens (tertiary/aromatic N) is 2. The lowest BCUT2D eigenvalue weighted by molar-refractivity contribution is -0.126. The van der Waals surface area contributed by atoms with Gasteiger partial charge in [0.1, 0.15) is 0 Å². The number of hydrogen-bond acceptors (Lipinski definition) is 3. The van der Waals surface area contributed by atoms with Gasteiger partial charge in [0.2, 0.25) is 5.91 Å². The molecule has 2 aromatic carbocycles. The zero-order valence-electron chi connectivity index (χ0n) is 18.1. The molecule has 29 heavy (non-hydrogen) atoms. The van der Waals surface area contributed by atoms with Crippen molar-refractivity contribution in [1.29, 1.82) is 0 Å². The standard InChI is InChI=1S/C25H35N3O/c1-4-27(5-2)18-21-16-17-28(19-21)20(3)25(29)26-24(22-12-8-6-9-13-22)23-14-10-7-11-15-23/h6-15,20-21,24H,4-5,16-19H2,1-3H3,(H,26,29). The molecular weight excluding hydrogens is 358 g/mol. The van der Waals surface area contributed by atoms with Gasteiger partial charge < -0.3 is 10.2 Å². The second kappa shape index (κ2) is 10.6. The number of carbonyl (C=O) groups excluding carboxylic acids is 1. The summed E-state index contributed by atoms with van der Waals surface area (Å²) in [7, 11) is 0. The maximum atomic E-state index is 13.2. The summed E-state index contributed by atoms with van der Waals surface area (Å²) in [5.41, 5.74) is 2.22. The molecule has 0 bridgehead atoms. The molecule has 2 unspecified atom stereocenters. The third-order valence-corrected chi connectivity index (χ3v) is 6.21. The van der Waals surface area contributed by atoms with E-state index >= 15 is 0 Å². The van der Waals surface area contributed by atoms with Crippen LogP contribution in [0, 0.1) is 5.92 Å². The molecule has 3 rings (SSSR count). The fraction of sp³-hybridized carbons (Fsp3) is 0.480. The average molecular weight is 394 g/mol. The van der Waals surface area contributed by atoms with Crippen molar-refractivity contribution in [1.82, 2.24) is 15.1 Å². The van der Waals surface area contributed by atoms with E-state index in [2.05, 4.69) is 53.2 Å². The van der Waals surface area contributed by atoms with E-state index in [9.17, 15) is 4.79 Å². The molecule has 0 aliphatic carbocycles. The van der Waals surface area contributed by atoms with Crippen molar-refractivity contribution in [3.05, 3.63) is 71.8 Å². The molecule has 1 amide bonds. The summed E-state index contributed by atoms with van der Waals surface area (Å²) in [6, 6.07) is 20.2. The molecule has 0 spiro atoms. The fourth-order valence-corrected chi connectivity index (χ4v) is 4.29. The summed E-state index contributed by atoms with van der Waals surface area (Å²) in [6.07, 6.45) is 1.18. The highest BCUT2D eigenvalue weighted by Gasteiger charge is 2.31. The van der Waals surface area contributed by atoms with Gasteiger partial charge in [-0.15, -0.1) is 0 Å². The molecule has 1 aliphatic rings. The lowest BCUT2D eigenvalue weighted by Gasteiger charge is -2.28. The SMILES string of the molecule is CCN(CC)CC1CCN(C(C)C(=O)NC(c2ccccc2)c2ccccc2)C1. The first-order valence-corrected chi connectivity index (χ1v) is 11.0. The van der Waals surface area contributed by atoms with E-state index in [-0.39, 0.29) is 18.0 Å². The van der Waals surface area contributed by atoms with E-state index in [4.69, 9.17) is 0 Å². The van der Waals surface area contributed by atoms with Gasteiger partial charge in [-0.2, -0.15) is 0 Å². The van der Waals surface area contributed by atoms with E-state index < -0.39 is 0 Å². The Hall–Kier alpha value is -2.17.